The van der Waals surface area contributed by atoms with Gasteiger partial charge in [0.15, 0.2) is 0 Å². The summed E-state index contributed by atoms with van der Waals surface area (Å²) in [5.41, 5.74) is 0.545. The van der Waals surface area contributed by atoms with Crippen molar-refractivity contribution < 1.29 is 14.6 Å². The number of aliphatic hydroxyl groups excluding tert-OH is 1. The van der Waals surface area contributed by atoms with E-state index in [-0.39, 0.29) is 12.7 Å². The molecule has 0 heterocycles. The van der Waals surface area contributed by atoms with E-state index in [2.05, 4.69) is 5.32 Å². The Morgan fingerprint density at radius 3 is 2.60 bits per heavy atom. The Labute approximate surface area is 121 Å². The fourth-order valence-corrected chi connectivity index (χ4v) is 2.33. The molecule has 0 spiro atoms. The van der Waals surface area contributed by atoms with E-state index < -0.39 is 5.54 Å². The van der Waals surface area contributed by atoms with Crippen LogP contribution in [0.1, 0.15) is 25.3 Å². The van der Waals surface area contributed by atoms with Crippen LogP contribution in [0.15, 0.2) is 30.3 Å². The zero-order valence-corrected chi connectivity index (χ0v) is 12.3. The molecule has 2 atom stereocenters. The molecule has 1 aliphatic rings. The number of methoxy groups -OCH3 is 1. The summed E-state index contributed by atoms with van der Waals surface area (Å²) in [5, 5.41) is 13.5. The van der Waals surface area contributed by atoms with Crippen LogP contribution < -0.4 is 5.32 Å². The van der Waals surface area contributed by atoms with Gasteiger partial charge in [0.25, 0.3) is 0 Å². The van der Waals surface area contributed by atoms with Crippen LogP contribution in [-0.4, -0.2) is 44.2 Å². The van der Waals surface area contributed by atoms with Crippen LogP contribution in [0.5, 0.6) is 0 Å². The summed E-state index contributed by atoms with van der Waals surface area (Å²) in [4.78, 5) is 0. The molecule has 0 saturated heterocycles. The topological polar surface area (TPSA) is 50.7 Å². The van der Waals surface area contributed by atoms with E-state index in [0.717, 1.165) is 5.56 Å². The zero-order valence-electron chi connectivity index (χ0n) is 12.3. The number of benzene rings is 1. The smallest absolute Gasteiger partial charge is 0.0908 e. The maximum atomic E-state index is 9.98. The molecule has 1 fully saturated rings. The van der Waals surface area contributed by atoms with Crippen LogP contribution in [0.4, 0.5) is 0 Å². The maximum absolute atomic E-state index is 9.98. The van der Waals surface area contributed by atoms with E-state index >= 15 is 0 Å². The third-order valence-electron chi connectivity index (χ3n) is 3.67. The summed E-state index contributed by atoms with van der Waals surface area (Å²) >= 11 is 0. The van der Waals surface area contributed by atoms with Crippen molar-refractivity contribution in [2.75, 3.05) is 26.9 Å². The molecule has 0 amide bonds. The van der Waals surface area contributed by atoms with Crippen molar-refractivity contribution in [3.8, 4) is 0 Å². The van der Waals surface area contributed by atoms with Crippen LogP contribution in [0.3, 0.4) is 0 Å². The predicted molar refractivity (Wildman–Crippen MR) is 78.7 cm³/mol. The highest BCUT2D eigenvalue weighted by Gasteiger charge is 2.37. The van der Waals surface area contributed by atoms with Crippen LogP contribution in [0.25, 0.3) is 0 Å². The molecule has 0 bridgehead atoms. The van der Waals surface area contributed by atoms with Crippen molar-refractivity contribution in [1.82, 2.24) is 5.32 Å². The first-order valence-electron chi connectivity index (χ1n) is 7.25. The molecule has 4 nitrogen and oxygen atoms in total. The second-order valence-electron chi connectivity index (χ2n) is 5.60. The van der Waals surface area contributed by atoms with Crippen molar-refractivity contribution >= 4 is 0 Å². The Hall–Kier alpha value is -0.940. The van der Waals surface area contributed by atoms with Gasteiger partial charge in [-0.2, -0.15) is 0 Å². The number of nitrogens with one attached hydrogen (secondary N) is 1. The number of hydrogen-bond acceptors (Lipinski definition) is 4. The molecular formula is C16H25NO3. The Balaban J connectivity index is 2.10. The second-order valence-corrected chi connectivity index (χ2v) is 5.60. The molecule has 4 heteroatoms. The van der Waals surface area contributed by atoms with Crippen molar-refractivity contribution in [2.45, 2.75) is 37.5 Å². The number of rotatable bonds is 9. The van der Waals surface area contributed by atoms with Crippen LogP contribution in [0, 0.1) is 0 Å². The van der Waals surface area contributed by atoms with Gasteiger partial charge in [-0.05, 0) is 25.3 Å². The molecule has 0 radical (unpaired) electrons. The second kappa shape index (κ2) is 7.18. The summed E-state index contributed by atoms with van der Waals surface area (Å²) in [7, 11) is 1.67. The highest BCUT2D eigenvalue weighted by Crippen LogP contribution is 2.29. The molecule has 1 aromatic carbocycles. The van der Waals surface area contributed by atoms with E-state index in [4.69, 9.17) is 9.47 Å². The average Bonchev–Trinajstić information content (AvgIpc) is 3.29. The first-order valence-corrected chi connectivity index (χ1v) is 7.25. The fraction of sp³-hybridized carbons (Fsp3) is 0.625. The average molecular weight is 279 g/mol. The first-order chi connectivity index (χ1) is 9.70. The summed E-state index contributed by atoms with van der Waals surface area (Å²) in [6, 6.07) is 10.5. The molecule has 1 aliphatic carbocycles. The van der Waals surface area contributed by atoms with Gasteiger partial charge in [0.2, 0.25) is 0 Å². The SMILES string of the molecule is COCC(C)OCC(CO)(NC1CC1)c1ccccc1. The molecule has 1 aromatic rings. The van der Waals surface area contributed by atoms with Crippen LogP contribution >= 0.6 is 0 Å². The van der Waals surface area contributed by atoms with Gasteiger partial charge in [0.1, 0.15) is 0 Å². The fourth-order valence-electron chi connectivity index (χ4n) is 2.33. The van der Waals surface area contributed by atoms with E-state index in [0.29, 0.717) is 19.3 Å². The third-order valence-corrected chi connectivity index (χ3v) is 3.67. The van der Waals surface area contributed by atoms with Crippen LogP contribution in [-0.2, 0) is 15.0 Å². The zero-order chi connectivity index (χ0) is 14.4. The molecule has 2 unspecified atom stereocenters. The monoisotopic (exact) mass is 279 g/mol. The van der Waals surface area contributed by atoms with E-state index in [1.165, 1.54) is 12.8 Å². The molecular weight excluding hydrogens is 254 g/mol. The summed E-state index contributed by atoms with van der Waals surface area (Å²) in [5.74, 6) is 0. The molecule has 1 saturated carbocycles. The van der Waals surface area contributed by atoms with E-state index in [1.807, 2.05) is 37.3 Å². The lowest BCUT2D eigenvalue weighted by atomic mass is 9.91. The van der Waals surface area contributed by atoms with Crippen molar-refractivity contribution in [3.63, 3.8) is 0 Å². The minimum absolute atomic E-state index is 0.00985. The first kappa shape index (κ1) is 15.4. The number of aliphatic hydroxyl groups is 1. The standard InChI is InChI=1S/C16H25NO3/c1-13(10-19-2)20-12-16(11-18,17-15-8-9-15)14-6-4-3-5-7-14/h3-7,13,15,17-18H,8-12H2,1-2H3. The minimum atomic E-state index is -0.523. The van der Waals surface area contributed by atoms with E-state index in [1.54, 1.807) is 7.11 Å². The normalized spacial score (nSPS) is 19.6. The Kier molecular flexibility index (Phi) is 5.54. The van der Waals surface area contributed by atoms with Gasteiger partial charge in [-0.15, -0.1) is 0 Å². The largest absolute Gasteiger partial charge is 0.394 e. The van der Waals surface area contributed by atoms with Gasteiger partial charge in [0.05, 0.1) is 31.5 Å². The van der Waals surface area contributed by atoms with Gasteiger partial charge >= 0.3 is 0 Å². The molecule has 2 rings (SSSR count). The quantitative estimate of drug-likeness (QED) is 0.722. The van der Waals surface area contributed by atoms with Gasteiger partial charge in [-0.25, -0.2) is 0 Å². The maximum Gasteiger partial charge on any atom is 0.0908 e. The Morgan fingerprint density at radius 2 is 2.05 bits per heavy atom. The van der Waals surface area contributed by atoms with Gasteiger partial charge in [-0.3, -0.25) is 0 Å². The lowest BCUT2D eigenvalue weighted by Gasteiger charge is -2.34. The Bertz CT molecular complexity index is 394. The van der Waals surface area contributed by atoms with Gasteiger partial charge in [0, 0.05) is 13.2 Å². The van der Waals surface area contributed by atoms with Gasteiger partial charge in [-0.1, -0.05) is 30.3 Å². The molecule has 0 aliphatic heterocycles. The third kappa shape index (κ3) is 4.03. The lowest BCUT2D eigenvalue weighted by molar-refractivity contribution is -0.0346. The number of hydrogen-bond donors (Lipinski definition) is 2. The highest BCUT2D eigenvalue weighted by atomic mass is 16.5. The molecule has 2 N–H and O–H groups in total. The van der Waals surface area contributed by atoms with Crippen molar-refractivity contribution in [2.24, 2.45) is 0 Å². The summed E-state index contributed by atoms with van der Waals surface area (Å²) in [6.45, 7) is 3.00. The molecule has 20 heavy (non-hydrogen) atoms. The van der Waals surface area contributed by atoms with Crippen LogP contribution in [0.2, 0.25) is 0 Å². The minimum Gasteiger partial charge on any atom is -0.394 e. The van der Waals surface area contributed by atoms with E-state index in [9.17, 15) is 5.11 Å². The lowest BCUT2D eigenvalue weighted by Crippen LogP contribution is -2.51. The van der Waals surface area contributed by atoms with Crippen molar-refractivity contribution in [3.05, 3.63) is 35.9 Å². The van der Waals surface area contributed by atoms with Crippen molar-refractivity contribution in [1.29, 1.82) is 0 Å². The number of ether oxygens (including phenoxy) is 2. The summed E-state index contributed by atoms with van der Waals surface area (Å²) in [6.07, 6.45) is 2.35. The Morgan fingerprint density at radius 1 is 1.35 bits per heavy atom. The molecule has 0 aromatic heterocycles. The highest BCUT2D eigenvalue weighted by molar-refractivity contribution is 5.25. The molecule has 112 valence electrons. The summed E-state index contributed by atoms with van der Waals surface area (Å²) < 4.78 is 11.0. The van der Waals surface area contributed by atoms with Gasteiger partial charge < -0.3 is 19.9 Å². The predicted octanol–water partition coefficient (Wildman–Crippen LogP) is 1.68.